The summed E-state index contributed by atoms with van der Waals surface area (Å²) in [7, 11) is 0. The Bertz CT molecular complexity index is 1610. The molecule has 5 rings (SSSR count). The molecule has 0 bridgehead atoms. The molecule has 4 aromatic rings. The molecule has 2 aromatic carbocycles. The Balaban J connectivity index is 1.28. The van der Waals surface area contributed by atoms with E-state index in [2.05, 4.69) is 10.3 Å². The van der Waals surface area contributed by atoms with E-state index in [1.54, 1.807) is 55.8 Å². The molecule has 10 nitrogen and oxygen atoms in total. The molecule has 0 radical (unpaired) electrons. The van der Waals surface area contributed by atoms with Gasteiger partial charge in [-0.3, -0.25) is 9.59 Å². The predicted octanol–water partition coefficient (Wildman–Crippen LogP) is 4.43. The third kappa shape index (κ3) is 6.34. The molecule has 3 heterocycles. The van der Waals surface area contributed by atoms with Crippen LogP contribution in [-0.4, -0.2) is 63.5 Å². The zero-order chi connectivity index (χ0) is 29.1. The number of hydrogen-bond acceptors (Lipinski definition) is 7. The van der Waals surface area contributed by atoms with Crippen LogP contribution in [0.15, 0.2) is 73.1 Å². The fourth-order valence-corrected chi connectivity index (χ4v) is 4.81. The highest BCUT2D eigenvalue weighted by Gasteiger charge is 2.31. The second-order valence-corrected chi connectivity index (χ2v) is 10.9. The number of nitrogens with one attached hydrogen (secondary N) is 2. The van der Waals surface area contributed by atoms with Crippen LogP contribution in [0.25, 0.3) is 21.8 Å². The highest BCUT2D eigenvalue weighted by molar-refractivity contribution is 6.45. The first kappa shape index (κ1) is 28.1. The molecule has 214 valence electrons. The molecule has 1 aliphatic heterocycles. The lowest BCUT2D eigenvalue weighted by Gasteiger charge is -2.30. The van der Waals surface area contributed by atoms with Gasteiger partial charge in [-0.15, -0.1) is 0 Å². The number of fused-ring (bicyclic) bond motifs is 2. The number of nitrogens with zero attached hydrogens (tertiary/aromatic N) is 1. The van der Waals surface area contributed by atoms with Gasteiger partial charge in [0.1, 0.15) is 24.4 Å². The third-order valence-corrected chi connectivity index (χ3v) is 6.74. The monoisotopic (exact) mass is 559 g/mol. The Hall–Kier alpha value is -4.41. The number of carbonyl (C=O) groups excluding carboxylic acids is 3. The van der Waals surface area contributed by atoms with Crippen molar-refractivity contribution in [3.05, 3.63) is 84.2 Å². The molecule has 0 spiro atoms. The number of aromatic nitrogens is 2. The molecule has 0 saturated heterocycles. The molecule has 3 N–H and O–H groups in total. The number of ketones is 1. The number of aliphatic hydroxyl groups is 1. The highest BCUT2D eigenvalue weighted by Crippen LogP contribution is 2.30. The van der Waals surface area contributed by atoms with Gasteiger partial charge >= 0.3 is 6.16 Å². The molecule has 0 fully saturated rings. The van der Waals surface area contributed by atoms with E-state index in [1.165, 1.54) is 0 Å². The van der Waals surface area contributed by atoms with E-state index in [4.69, 9.17) is 14.2 Å². The summed E-state index contributed by atoms with van der Waals surface area (Å²) in [6.07, 6.45) is 3.78. The summed E-state index contributed by atoms with van der Waals surface area (Å²) in [5.74, 6) is -1.37. The summed E-state index contributed by atoms with van der Waals surface area (Å²) in [5.41, 5.74) is 2.25. The predicted molar refractivity (Wildman–Crippen MR) is 153 cm³/mol. The third-order valence-electron chi connectivity index (χ3n) is 6.74. The van der Waals surface area contributed by atoms with E-state index in [0.29, 0.717) is 23.9 Å². The first-order valence-electron chi connectivity index (χ1n) is 13.5. The molecule has 41 heavy (non-hydrogen) atoms. The largest absolute Gasteiger partial charge is 0.508 e. The number of Topliss-reactive ketones (excluding diaryl/α,β-unsaturated/α-hetero) is 1. The van der Waals surface area contributed by atoms with Crippen LogP contribution in [0.1, 0.15) is 42.9 Å². The maximum atomic E-state index is 13.3. The van der Waals surface area contributed by atoms with Gasteiger partial charge in [-0.25, -0.2) is 4.79 Å². The summed E-state index contributed by atoms with van der Waals surface area (Å²) >= 11 is 0. The van der Waals surface area contributed by atoms with Crippen molar-refractivity contribution in [3.63, 3.8) is 0 Å². The minimum atomic E-state index is -1.01. The molecule has 0 saturated carbocycles. The van der Waals surface area contributed by atoms with Crippen LogP contribution in [0.3, 0.4) is 0 Å². The average molecular weight is 560 g/mol. The van der Waals surface area contributed by atoms with Crippen LogP contribution in [0, 0.1) is 0 Å². The van der Waals surface area contributed by atoms with Crippen molar-refractivity contribution < 1.29 is 33.7 Å². The number of amides is 1. The molecule has 2 aromatic heterocycles. The number of aromatic amines is 1. The van der Waals surface area contributed by atoms with Crippen molar-refractivity contribution in [1.82, 2.24) is 14.9 Å². The number of benzene rings is 2. The lowest BCUT2D eigenvalue weighted by Crippen LogP contribution is -2.38. The summed E-state index contributed by atoms with van der Waals surface area (Å²) in [5, 5.41) is 14.8. The highest BCUT2D eigenvalue weighted by atomic mass is 16.7. The fourth-order valence-electron chi connectivity index (χ4n) is 4.81. The van der Waals surface area contributed by atoms with Gasteiger partial charge in [0, 0.05) is 35.2 Å². The minimum Gasteiger partial charge on any atom is -0.431 e. The summed E-state index contributed by atoms with van der Waals surface area (Å²) < 4.78 is 18.1. The van der Waals surface area contributed by atoms with E-state index < -0.39 is 41.9 Å². The summed E-state index contributed by atoms with van der Waals surface area (Å²) in [4.78, 5) is 41.4. The van der Waals surface area contributed by atoms with Crippen LogP contribution in [0.4, 0.5) is 4.79 Å². The Morgan fingerprint density at radius 3 is 2.56 bits per heavy atom. The second kappa shape index (κ2) is 11.6. The fraction of sp³-hybridized carbons (Fsp3) is 0.323. The average Bonchev–Trinajstić information content (AvgIpc) is 3.53. The smallest absolute Gasteiger partial charge is 0.431 e. The number of aliphatic hydroxyl groups excluding tert-OH is 1. The molecular weight excluding hydrogens is 526 g/mol. The first-order chi connectivity index (χ1) is 19.6. The Morgan fingerprint density at radius 2 is 1.78 bits per heavy atom. The number of H-pyrrole nitrogens is 1. The van der Waals surface area contributed by atoms with Crippen molar-refractivity contribution in [2.45, 2.75) is 51.2 Å². The molecule has 1 amide bonds. The van der Waals surface area contributed by atoms with Gasteiger partial charge in [0.2, 0.25) is 0 Å². The second-order valence-electron chi connectivity index (χ2n) is 10.9. The number of rotatable bonds is 8. The van der Waals surface area contributed by atoms with Gasteiger partial charge in [0.15, 0.2) is 6.23 Å². The van der Waals surface area contributed by atoms with Crippen molar-refractivity contribution in [2.75, 3.05) is 13.2 Å². The van der Waals surface area contributed by atoms with Crippen LogP contribution in [0.2, 0.25) is 0 Å². The van der Waals surface area contributed by atoms with Crippen LogP contribution in [0.5, 0.6) is 0 Å². The summed E-state index contributed by atoms with van der Waals surface area (Å²) in [6.45, 7) is 5.23. The molecule has 0 unspecified atom stereocenters. The van der Waals surface area contributed by atoms with Crippen LogP contribution in [-0.2, 0) is 25.4 Å². The zero-order valence-electron chi connectivity index (χ0n) is 23.1. The van der Waals surface area contributed by atoms with Crippen molar-refractivity contribution >= 4 is 39.7 Å². The normalized spacial score (nSPS) is 18.9. The van der Waals surface area contributed by atoms with E-state index >= 15 is 0 Å². The van der Waals surface area contributed by atoms with Crippen LogP contribution >= 0.6 is 0 Å². The zero-order valence-corrected chi connectivity index (χ0v) is 23.1. The lowest BCUT2D eigenvalue weighted by molar-refractivity contribution is -0.116. The van der Waals surface area contributed by atoms with Crippen molar-refractivity contribution in [2.24, 2.45) is 0 Å². The van der Waals surface area contributed by atoms with Crippen molar-refractivity contribution in [1.29, 1.82) is 0 Å². The molecule has 0 aliphatic carbocycles. The van der Waals surface area contributed by atoms with E-state index in [0.717, 1.165) is 16.5 Å². The van der Waals surface area contributed by atoms with Gasteiger partial charge in [-0.1, -0.05) is 42.5 Å². The van der Waals surface area contributed by atoms with Crippen molar-refractivity contribution in [3.8, 4) is 0 Å². The molecule has 10 heteroatoms. The Morgan fingerprint density at radius 1 is 1.05 bits per heavy atom. The SMILES string of the molecule is CC(C)(C)OC(=O)OC[C@@H]1O[C@H](n2cc(C(=O)C(=O)NCCc3c[nH]c4ccccc34)c3ccccc32)C=C[C@@H]1O. The number of ether oxygens (including phenoxy) is 3. The van der Waals surface area contributed by atoms with Crippen LogP contribution < -0.4 is 5.32 Å². The topological polar surface area (TPSA) is 132 Å². The Labute approximate surface area is 236 Å². The Kier molecular flexibility index (Phi) is 7.96. The van der Waals surface area contributed by atoms with E-state index in [-0.39, 0.29) is 12.2 Å². The molecular formula is C31H33N3O7. The van der Waals surface area contributed by atoms with E-state index in [9.17, 15) is 19.5 Å². The maximum Gasteiger partial charge on any atom is 0.508 e. The number of para-hydroxylation sites is 2. The van der Waals surface area contributed by atoms with Gasteiger partial charge in [0.25, 0.3) is 11.7 Å². The van der Waals surface area contributed by atoms with Gasteiger partial charge in [-0.05, 0) is 51.0 Å². The number of carbonyl (C=O) groups is 3. The lowest BCUT2D eigenvalue weighted by atomic mass is 10.1. The van der Waals surface area contributed by atoms with Gasteiger partial charge in [0.05, 0.1) is 11.1 Å². The standard InChI is InChI=1S/C31H33N3O7/c1-31(2,3)41-30(38)39-18-26-25(35)12-13-27(40-26)34-17-22(21-9-5-7-11-24(21)34)28(36)29(37)32-15-14-19-16-33-23-10-6-4-8-20(19)23/h4-13,16-17,25-27,33,35H,14-15,18H2,1-3H3,(H,32,37)/t25-,26-,27-/m0/s1. The molecule has 1 aliphatic rings. The number of hydrogen-bond donors (Lipinski definition) is 3. The molecule has 3 atom stereocenters. The van der Waals surface area contributed by atoms with Gasteiger partial charge < -0.3 is 34.2 Å². The quantitative estimate of drug-likeness (QED) is 0.126. The minimum absolute atomic E-state index is 0.231. The van der Waals surface area contributed by atoms with E-state index in [1.807, 2.05) is 42.6 Å². The summed E-state index contributed by atoms with van der Waals surface area (Å²) in [6, 6.07) is 15.1. The maximum absolute atomic E-state index is 13.3. The van der Waals surface area contributed by atoms with Gasteiger partial charge in [-0.2, -0.15) is 0 Å². The first-order valence-corrected chi connectivity index (χ1v) is 13.5.